The molecule has 1 N–H and O–H groups in total. The van der Waals surface area contributed by atoms with E-state index in [0.29, 0.717) is 15.9 Å². The summed E-state index contributed by atoms with van der Waals surface area (Å²) in [6.45, 7) is 3.21. The lowest BCUT2D eigenvalue weighted by molar-refractivity contribution is -0.119. The Hall–Kier alpha value is -2.49. The Labute approximate surface area is 204 Å². The number of sulfonamides is 1. The SMILES string of the molecule is C/C(=N/NC(=O)CN(c1cccc(Br)c1)S(=O)(=O)c1ccc(C)cc1)c1ccc(Br)cc1. The van der Waals surface area contributed by atoms with Crippen molar-refractivity contribution in [1.82, 2.24) is 5.43 Å². The molecule has 32 heavy (non-hydrogen) atoms. The van der Waals surface area contributed by atoms with E-state index in [1.54, 1.807) is 43.3 Å². The Bertz CT molecular complexity index is 1240. The fourth-order valence-electron chi connectivity index (χ4n) is 2.85. The number of hydrogen-bond donors (Lipinski definition) is 1. The molecule has 0 atom stereocenters. The molecule has 3 aromatic rings. The standard InChI is InChI=1S/C23H21Br2N3O3S/c1-16-6-12-22(13-7-16)32(30,31)28(21-5-3-4-20(25)14-21)15-23(29)27-26-17(2)18-8-10-19(24)11-9-18/h3-14H,15H2,1-2H3,(H,27,29)/b26-17-. The molecule has 0 spiro atoms. The van der Waals surface area contributed by atoms with Crippen molar-refractivity contribution in [2.45, 2.75) is 18.7 Å². The van der Waals surface area contributed by atoms with Gasteiger partial charge in [-0.05, 0) is 61.9 Å². The number of amides is 1. The average molecular weight is 579 g/mol. The fourth-order valence-corrected chi connectivity index (χ4v) is 4.92. The van der Waals surface area contributed by atoms with Crippen molar-refractivity contribution in [2.24, 2.45) is 5.10 Å². The van der Waals surface area contributed by atoms with E-state index in [4.69, 9.17) is 0 Å². The zero-order chi connectivity index (χ0) is 23.3. The Kier molecular flexibility index (Phi) is 7.86. The van der Waals surface area contributed by atoms with Gasteiger partial charge in [-0.25, -0.2) is 13.8 Å². The summed E-state index contributed by atoms with van der Waals surface area (Å²) in [5.41, 5.74) is 5.20. The molecular formula is C23H21Br2N3O3S. The number of carbonyl (C=O) groups excluding carboxylic acids is 1. The van der Waals surface area contributed by atoms with Crippen LogP contribution in [0.25, 0.3) is 0 Å². The largest absolute Gasteiger partial charge is 0.271 e. The van der Waals surface area contributed by atoms with Crippen molar-refractivity contribution in [1.29, 1.82) is 0 Å². The Morgan fingerprint density at radius 2 is 1.62 bits per heavy atom. The molecule has 1 amide bonds. The van der Waals surface area contributed by atoms with Gasteiger partial charge in [-0.1, -0.05) is 67.8 Å². The zero-order valence-electron chi connectivity index (χ0n) is 17.4. The highest BCUT2D eigenvalue weighted by molar-refractivity contribution is 9.10. The minimum atomic E-state index is -3.98. The van der Waals surface area contributed by atoms with Gasteiger partial charge in [0.1, 0.15) is 6.54 Å². The lowest BCUT2D eigenvalue weighted by Gasteiger charge is -2.24. The van der Waals surface area contributed by atoms with Crippen LogP contribution >= 0.6 is 31.9 Å². The Balaban J connectivity index is 1.87. The molecule has 3 rings (SSSR count). The maximum atomic E-state index is 13.4. The second-order valence-corrected chi connectivity index (χ2v) is 10.7. The number of anilines is 1. The number of benzene rings is 3. The highest BCUT2D eigenvalue weighted by atomic mass is 79.9. The molecule has 0 aliphatic rings. The maximum Gasteiger partial charge on any atom is 0.264 e. The van der Waals surface area contributed by atoms with Gasteiger partial charge in [0.2, 0.25) is 0 Å². The summed E-state index contributed by atoms with van der Waals surface area (Å²) in [7, 11) is -3.98. The van der Waals surface area contributed by atoms with Crippen molar-refractivity contribution in [3.8, 4) is 0 Å². The van der Waals surface area contributed by atoms with E-state index in [2.05, 4.69) is 42.4 Å². The van der Waals surface area contributed by atoms with E-state index in [1.807, 2.05) is 31.2 Å². The minimum Gasteiger partial charge on any atom is -0.271 e. The molecule has 0 fully saturated rings. The van der Waals surface area contributed by atoms with Crippen LogP contribution in [0.3, 0.4) is 0 Å². The van der Waals surface area contributed by atoms with E-state index in [9.17, 15) is 13.2 Å². The monoisotopic (exact) mass is 577 g/mol. The van der Waals surface area contributed by atoms with E-state index in [1.165, 1.54) is 12.1 Å². The summed E-state index contributed by atoms with van der Waals surface area (Å²) in [5, 5.41) is 4.13. The number of nitrogens with one attached hydrogen (secondary N) is 1. The lowest BCUT2D eigenvalue weighted by atomic mass is 10.1. The Morgan fingerprint density at radius 3 is 2.25 bits per heavy atom. The summed E-state index contributed by atoms with van der Waals surface area (Å²) in [6.07, 6.45) is 0. The summed E-state index contributed by atoms with van der Waals surface area (Å²) in [6, 6.07) is 20.8. The molecule has 6 nitrogen and oxygen atoms in total. The van der Waals surface area contributed by atoms with Gasteiger partial charge in [-0.2, -0.15) is 5.10 Å². The summed E-state index contributed by atoms with van der Waals surface area (Å²) in [4.78, 5) is 12.8. The van der Waals surface area contributed by atoms with E-state index in [-0.39, 0.29) is 4.90 Å². The quantitative estimate of drug-likeness (QED) is 0.307. The molecule has 0 heterocycles. The van der Waals surface area contributed by atoms with Gasteiger partial charge >= 0.3 is 0 Å². The van der Waals surface area contributed by atoms with Crippen LogP contribution in [0.5, 0.6) is 0 Å². The van der Waals surface area contributed by atoms with Crippen molar-refractivity contribution in [2.75, 3.05) is 10.8 Å². The average Bonchev–Trinajstić information content (AvgIpc) is 2.76. The first-order chi connectivity index (χ1) is 15.2. The van der Waals surface area contributed by atoms with Crippen molar-refractivity contribution < 1.29 is 13.2 Å². The summed E-state index contributed by atoms with van der Waals surface area (Å²) >= 11 is 6.74. The van der Waals surface area contributed by atoms with E-state index < -0.39 is 22.5 Å². The van der Waals surface area contributed by atoms with Crippen molar-refractivity contribution in [3.05, 3.63) is 92.9 Å². The zero-order valence-corrected chi connectivity index (χ0v) is 21.4. The van der Waals surface area contributed by atoms with Gasteiger partial charge in [0.25, 0.3) is 15.9 Å². The number of rotatable bonds is 7. The fraction of sp³-hybridized carbons (Fsp3) is 0.130. The third-order valence-electron chi connectivity index (χ3n) is 4.60. The van der Waals surface area contributed by atoms with Crippen molar-refractivity contribution in [3.63, 3.8) is 0 Å². The van der Waals surface area contributed by atoms with Gasteiger partial charge in [0.15, 0.2) is 0 Å². The first-order valence-electron chi connectivity index (χ1n) is 9.61. The second kappa shape index (κ2) is 10.4. The maximum absolute atomic E-state index is 13.4. The molecule has 0 saturated heterocycles. The molecule has 0 bridgehead atoms. The number of carbonyl (C=O) groups is 1. The van der Waals surface area contributed by atoms with Crippen LogP contribution < -0.4 is 9.73 Å². The van der Waals surface area contributed by atoms with Crippen LogP contribution in [0.15, 0.2) is 91.7 Å². The number of halogens is 2. The molecule has 0 saturated carbocycles. The topological polar surface area (TPSA) is 78.8 Å². The summed E-state index contributed by atoms with van der Waals surface area (Å²) < 4.78 is 29.4. The third-order valence-corrected chi connectivity index (χ3v) is 7.41. The Morgan fingerprint density at radius 1 is 0.969 bits per heavy atom. The van der Waals surface area contributed by atoms with Crippen LogP contribution in [-0.2, 0) is 14.8 Å². The van der Waals surface area contributed by atoms with Gasteiger partial charge < -0.3 is 0 Å². The summed E-state index contributed by atoms with van der Waals surface area (Å²) in [5.74, 6) is -0.558. The van der Waals surface area contributed by atoms with Crippen LogP contribution in [0.4, 0.5) is 5.69 Å². The van der Waals surface area contributed by atoms with Crippen LogP contribution in [0, 0.1) is 6.92 Å². The van der Waals surface area contributed by atoms with Crippen LogP contribution in [0.2, 0.25) is 0 Å². The smallest absolute Gasteiger partial charge is 0.264 e. The first kappa shape index (κ1) is 24.2. The molecule has 166 valence electrons. The molecular weight excluding hydrogens is 558 g/mol. The predicted octanol–water partition coefficient (Wildman–Crippen LogP) is 5.26. The second-order valence-electron chi connectivity index (χ2n) is 7.04. The first-order valence-corrected chi connectivity index (χ1v) is 12.6. The number of hydrazone groups is 1. The van der Waals surface area contributed by atoms with Gasteiger partial charge in [0, 0.05) is 8.95 Å². The molecule has 0 aliphatic heterocycles. The normalized spacial score (nSPS) is 11.8. The molecule has 3 aromatic carbocycles. The highest BCUT2D eigenvalue weighted by Crippen LogP contribution is 2.26. The van der Waals surface area contributed by atoms with Gasteiger partial charge in [-0.15, -0.1) is 0 Å². The molecule has 9 heteroatoms. The number of hydrogen-bond acceptors (Lipinski definition) is 4. The lowest BCUT2D eigenvalue weighted by Crippen LogP contribution is -2.39. The molecule has 0 unspecified atom stereocenters. The van der Waals surface area contributed by atoms with E-state index in [0.717, 1.165) is 19.9 Å². The van der Waals surface area contributed by atoms with Gasteiger partial charge in [-0.3, -0.25) is 9.10 Å². The molecule has 0 aromatic heterocycles. The van der Waals surface area contributed by atoms with Crippen LogP contribution in [0.1, 0.15) is 18.1 Å². The predicted molar refractivity (Wildman–Crippen MR) is 134 cm³/mol. The minimum absolute atomic E-state index is 0.102. The molecule has 0 radical (unpaired) electrons. The number of nitrogens with zero attached hydrogens (tertiary/aromatic N) is 2. The van der Waals surface area contributed by atoms with Gasteiger partial charge in [0.05, 0.1) is 16.3 Å². The number of aryl methyl sites for hydroxylation is 1. The van der Waals surface area contributed by atoms with Crippen LogP contribution in [-0.4, -0.2) is 26.6 Å². The van der Waals surface area contributed by atoms with Crippen molar-refractivity contribution >= 4 is 59.2 Å². The highest BCUT2D eigenvalue weighted by Gasteiger charge is 2.27. The molecule has 0 aliphatic carbocycles. The third kappa shape index (κ3) is 6.05. The van der Waals surface area contributed by atoms with E-state index >= 15 is 0 Å².